The predicted molar refractivity (Wildman–Crippen MR) is 176 cm³/mol. The fraction of sp³-hybridized carbons (Fsp3) is 0.250. The first kappa shape index (κ1) is 31.4. The van der Waals surface area contributed by atoms with E-state index in [1.54, 1.807) is 36.4 Å². The van der Waals surface area contributed by atoms with Crippen molar-refractivity contribution in [2.45, 2.75) is 39.2 Å². The summed E-state index contributed by atoms with van der Waals surface area (Å²) in [5.74, 6) is -0.763. The fourth-order valence-corrected chi connectivity index (χ4v) is 5.61. The van der Waals surface area contributed by atoms with Gasteiger partial charge in [0.15, 0.2) is 0 Å². The molecule has 4 aromatic rings. The molecule has 6 rings (SSSR count). The van der Waals surface area contributed by atoms with Crippen LogP contribution in [0.25, 0.3) is 11.6 Å². The van der Waals surface area contributed by atoms with Gasteiger partial charge in [-0.25, -0.2) is 4.39 Å². The van der Waals surface area contributed by atoms with Gasteiger partial charge in [-0.3, -0.25) is 14.4 Å². The summed E-state index contributed by atoms with van der Waals surface area (Å²) in [6.07, 6.45) is 2.58. The van der Waals surface area contributed by atoms with E-state index >= 15 is 0 Å². The van der Waals surface area contributed by atoms with Gasteiger partial charge in [-0.05, 0) is 100 Å². The third-order valence-electron chi connectivity index (χ3n) is 8.15. The number of amides is 3. The van der Waals surface area contributed by atoms with Crippen molar-refractivity contribution in [3.63, 3.8) is 0 Å². The highest BCUT2D eigenvalue weighted by Crippen LogP contribution is 2.48. The van der Waals surface area contributed by atoms with E-state index in [1.807, 2.05) is 53.1 Å². The van der Waals surface area contributed by atoms with Crippen LogP contribution in [0.3, 0.4) is 0 Å². The minimum atomic E-state index is -0.339. The lowest BCUT2D eigenvalue weighted by molar-refractivity contribution is -0.117. The van der Waals surface area contributed by atoms with Crippen LogP contribution in [0, 0.1) is 25.6 Å². The number of anilines is 2. The summed E-state index contributed by atoms with van der Waals surface area (Å²) in [7, 11) is 3.75. The predicted octanol–water partition coefficient (Wildman–Crippen LogP) is 6.33. The number of aryl methyl sites for hydroxylation is 1. The number of fused-ring (bicyclic) bond motifs is 1. The molecule has 0 radical (unpaired) electrons. The summed E-state index contributed by atoms with van der Waals surface area (Å²) < 4.78 is 13.3. The molecule has 0 saturated heterocycles. The van der Waals surface area contributed by atoms with E-state index in [2.05, 4.69) is 38.4 Å². The first-order chi connectivity index (χ1) is 21.6. The standard InChI is InChI=1S/C34H31FN4O3.C2H7N/c1-18-30(36-20(3)31(18)39-34(42)27-16-25(27)22-7-5-4-6-8-22)17-28-26-15-23(11-14-29(26)38-33(28)41)32(40)37-19(2)21-9-12-24(35)13-10-21;1-3-2/h4-15,17,19,25,27,36H,16H2,1-3H3,(H,37,40)(H,38,41)(H,39,42);3H,1-2H3/b28-17-;. The number of aromatic amines is 1. The number of rotatable bonds is 7. The Hall–Kier alpha value is -5.02. The Balaban J connectivity index is 0.00000128. The zero-order chi connectivity index (χ0) is 32.2. The highest BCUT2D eigenvalue weighted by molar-refractivity contribution is 6.35. The van der Waals surface area contributed by atoms with Crippen molar-refractivity contribution in [1.82, 2.24) is 15.6 Å². The Morgan fingerprint density at radius 3 is 2.38 bits per heavy atom. The third kappa shape index (κ3) is 6.89. The SMILES string of the molecule is CNC.Cc1[nH]c(/C=C2\C(=O)Nc3ccc(C(=O)NC(C)c4ccc(F)cc4)cc32)c(C)c1NC(=O)C1CC1c1ccccc1. The third-order valence-corrected chi connectivity index (χ3v) is 8.15. The molecule has 1 aliphatic heterocycles. The lowest BCUT2D eigenvalue weighted by Crippen LogP contribution is -2.26. The summed E-state index contributed by atoms with van der Waals surface area (Å²) in [5.41, 5.74) is 7.04. The van der Waals surface area contributed by atoms with E-state index in [0.29, 0.717) is 33.8 Å². The van der Waals surface area contributed by atoms with Crippen LogP contribution in [-0.4, -0.2) is 36.8 Å². The number of halogens is 1. The van der Waals surface area contributed by atoms with Gasteiger partial charge in [0.2, 0.25) is 5.91 Å². The largest absolute Gasteiger partial charge is 0.357 e. The molecule has 2 heterocycles. The smallest absolute Gasteiger partial charge is 0.256 e. The summed E-state index contributed by atoms with van der Waals surface area (Å²) >= 11 is 0. The fourth-order valence-electron chi connectivity index (χ4n) is 5.61. The normalized spacial score (nSPS) is 17.9. The van der Waals surface area contributed by atoms with E-state index in [4.69, 9.17) is 0 Å². The minimum absolute atomic E-state index is 0.0114. The Labute approximate surface area is 262 Å². The van der Waals surface area contributed by atoms with Gasteiger partial charge in [0.05, 0.1) is 17.3 Å². The Kier molecular flexibility index (Phi) is 9.29. The average molecular weight is 608 g/mol. The second-order valence-corrected chi connectivity index (χ2v) is 11.5. The molecule has 9 heteroatoms. The first-order valence-electron chi connectivity index (χ1n) is 15.0. The van der Waals surface area contributed by atoms with Gasteiger partial charge >= 0.3 is 0 Å². The minimum Gasteiger partial charge on any atom is -0.357 e. The molecule has 2 aliphatic rings. The topological polar surface area (TPSA) is 115 Å². The van der Waals surface area contributed by atoms with Crippen LogP contribution in [0.15, 0.2) is 72.8 Å². The highest BCUT2D eigenvalue weighted by atomic mass is 19.1. The number of carbonyl (C=O) groups excluding carboxylic acids is 3. The molecule has 3 amide bonds. The molecule has 1 aliphatic carbocycles. The number of aromatic nitrogens is 1. The van der Waals surface area contributed by atoms with Gasteiger partial charge in [-0.15, -0.1) is 0 Å². The van der Waals surface area contributed by atoms with E-state index < -0.39 is 0 Å². The molecule has 1 saturated carbocycles. The monoisotopic (exact) mass is 607 g/mol. The van der Waals surface area contributed by atoms with Crippen LogP contribution >= 0.6 is 0 Å². The Morgan fingerprint density at radius 2 is 1.69 bits per heavy atom. The van der Waals surface area contributed by atoms with Crippen LogP contribution in [-0.2, 0) is 9.59 Å². The van der Waals surface area contributed by atoms with Crippen molar-refractivity contribution in [3.05, 3.63) is 118 Å². The molecule has 232 valence electrons. The summed E-state index contributed by atoms with van der Waals surface area (Å²) in [5, 5.41) is 11.6. The van der Waals surface area contributed by atoms with Crippen molar-refractivity contribution < 1.29 is 18.8 Å². The summed E-state index contributed by atoms with van der Waals surface area (Å²) in [6, 6.07) is 20.8. The van der Waals surface area contributed by atoms with Crippen molar-refractivity contribution in [2.75, 3.05) is 24.7 Å². The number of H-pyrrole nitrogens is 1. The average Bonchev–Trinajstić information content (AvgIpc) is 3.72. The molecule has 0 bridgehead atoms. The van der Waals surface area contributed by atoms with E-state index in [0.717, 1.165) is 23.2 Å². The molecule has 1 fully saturated rings. The Bertz CT molecular complexity index is 1760. The van der Waals surface area contributed by atoms with Gasteiger partial charge in [-0.2, -0.15) is 0 Å². The quantitative estimate of drug-likeness (QED) is 0.158. The molecule has 0 spiro atoms. The van der Waals surface area contributed by atoms with Gasteiger partial charge in [-0.1, -0.05) is 42.5 Å². The zero-order valence-corrected chi connectivity index (χ0v) is 26.0. The lowest BCUT2D eigenvalue weighted by atomic mass is 10.0. The van der Waals surface area contributed by atoms with Gasteiger partial charge in [0, 0.05) is 34.1 Å². The van der Waals surface area contributed by atoms with Crippen LogP contribution in [0.1, 0.15) is 69.3 Å². The second kappa shape index (κ2) is 13.3. The summed E-state index contributed by atoms with van der Waals surface area (Å²) in [6.45, 7) is 5.62. The van der Waals surface area contributed by atoms with Gasteiger partial charge in [0.25, 0.3) is 11.8 Å². The Morgan fingerprint density at radius 1 is 1.00 bits per heavy atom. The van der Waals surface area contributed by atoms with E-state index in [-0.39, 0.29) is 41.4 Å². The maximum atomic E-state index is 13.3. The van der Waals surface area contributed by atoms with Crippen molar-refractivity contribution in [1.29, 1.82) is 0 Å². The maximum absolute atomic E-state index is 13.3. The highest BCUT2D eigenvalue weighted by Gasteiger charge is 2.44. The molecule has 5 N–H and O–H groups in total. The molecule has 1 aromatic heterocycles. The van der Waals surface area contributed by atoms with Crippen LogP contribution in [0.5, 0.6) is 0 Å². The van der Waals surface area contributed by atoms with Crippen molar-refractivity contribution >= 4 is 40.7 Å². The first-order valence-corrected chi connectivity index (χ1v) is 15.0. The number of benzene rings is 3. The van der Waals surface area contributed by atoms with Crippen LogP contribution < -0.4 is 21.3 Å². The van der Waals surface area contributed by atoms with E-state index in [9.17, 15) is 18.8 Å². The molecule has 3 unspecified atom stereocenters. The number of hydrogen-bond acceptors (Lipinski definition) is 4. The summed E-state index contributed by atoms with van der Waals surface area (Å²) in [4.78, 5) is 42.4. The van der Waals surface area contributed by atoms with Crippen LogP contribution in [0.2, 0.25) is 0 Å². The molecular weight excluding hydrogens is 569 g/mol. The maximum Gasteiger partial charge on any atom is 0.256 e. The van der Waals surface area contributed by atoms with E-state index in [1.165, 1.54) is 17.7 Å². The number of nitrogens with one attached hydrogen (secondary N) is 5. The molecule has 45 heavy (non-hydrogen) atoms. The zero-order valence-electron chi connectivity index (χ0n) is 26.0. The van der Waals surface area contributed by atoms with Gasteiger partial charge in [0.1, 0.15) is 5.82 Å². The molecule has 8 nitrogen and oxygen atoms in total. The lowest BCUT2D eigenvalue weighted by Gasteiger charge is -2.15. The van der Waals surface area contributed by atoms with Crippen LogP contribution in [0.4, 0.5) is 15.8 Å². The van der Waals surface area contributed by atoms with Crippen molar-refractivity contribution in [3.8, 4) is 0 Å². The molecule has 3 atom stereocenters. The second-order valence-electron chi connectivity index (χ2n) is 11.5. The number of carbonyl (C=O) groups is 3. The van der Waals surface area contributed by atoms with Gasteiger partial charge < -0.3 is 26.3 Å². The van der Waals surface area contributed by atoms with Crippen molar-refractivity contribution in [2.24, 2.45) is 5.92 Å². The molecule has 3 aromatic carbocycles. The number of hydrogen-bond donors (Lipinski definition) is 5. The molecular formula is C36H38FN5O3.